The molecule has 0 bridgehead atoms. The molecule has 7 heteroatoms. The molecular weight excluding hydrogens is 332 g/mol. The molecular formula is C16H18N2O3S2. The van der Waals surface area contributed by atoms with E-state index in [4.69, 9.17) is 17.3 Å². The number of carboxylic acid groups (broad SMARTS) is 1. The number of aliphatic carboxylic acids is 1. The highest BCUT2D eigenvalue weighted by atomic mass is 32.2. The number of carbonyl (C=O) groups excluding carboxylic acids is 1. The van der Waals surface area contributed by atoms with E-state index < -0.39 is 5.97 Å². The summed E-state index contributed by atoms with van der Waals surface area (Å²) in [7, 11) is 3.90. The fourth-order valence-corrected chi connectivity index (χ4v) is 3.54. The third-order valence-corrected chi connectivity index (χ3v) is 4.73. The Morgan fingerprint density at radius 2 is 2.09 bits per heavy atom. The number of amides is 1. The predicted molar refractivity (Wildman–Crippen MR) is 97.5 cm³/mol. The number of carbonyl (C=O) groups is 2. The summed E-state index contributed by atoms with van der Waals surface area (Å²) in [6.07, 6.45) is 2.26. The monoisotopic (exact) mass is 350 g/mol. The highest BCUT2D eigenvalue weighted by Crippen LogP contribution is 2.34. The molecule has 0 saturated carbocycles. The summed E-state index contributed by atoms with van der Waals surface area (Å²) in [6, 6.07) is 7.81. The third-order valence-electron chi connectivity index (χ3n) is 3.35. The van der Waals surface area contributed by atoms with Gasteiger partial charge in [0.1, 0.15) is 4.32 Å². The molecule has 1 fully saturated rings. The highest BCUT2D eigenvalue weighted by molar-refractivity contribution is 8.26. The van der Waals surface area contributed by atoms with Crippen LogP contribution in [0.2, 0.25) is 0 Å². The lowest BCUT2D eigenvalue weighted by Crippen LogP contribution is -2.29. The molecule has 1 heterocycles. The Labute approximate surface area is 145 Å². The van der Waals surface area contributed by atoms with Crippen LogP contribution in [-0.2, 0) is 9.59 Å². The number of carboxylic acids is 1. The van der Waals surface area contributed by atoms with Gasteiger partial charge in [-0.3, -0.25) is 14.5 Å². The fourth-order valence-electron chi connectivity index (χ4n) is 2.24. The van der Waals surface area contributed by atoms with Crippen LogP contribution in [0.1, 0.15) is 18.4 Å². The largest absolute Gasteiger partial charge is 0.481 e. The molecule has 1 aromatic carbocycles. The number of para-hydroxylation sites is 1. The minimum absolute atomic E-state index is 0.0274. The van der Waals surface area contributed by atoms with Gasteiger partial charge in [0.25, 0.3) is 5.91 Å². The summed E-state index contributed by atoms with van der Waals surface area (Å²) < 4.78 is 0.481. The van der Waals surface area contributed by atoms with Crippen molar-refractivity contribution in [3.63, 3.8) is 0 Å². The molecule has 1 aliphatic heterocycles. The van der Waals surface area contributed by atoms with E-state index in [9.17, 15) is 9.59 Å². The third kappa shape index (κ3) is 4.33. The van der Waals surface area contributed by atoms with Gasteiger partial charge in [0, 0.05) is 32.7 Å². The molecule has 0 unspecified atom stereocenters. The molecule has 1 N–H and O–H groups in total. The molecule has 0 radical (unpaired) electrons. The van der Waals surface area contributed by atoms with Crippen molar-refractivity contribution in [3.05, 3.63) is 34.7 Å². The van der Waals surface area contributed by atoms with Gasteiger partial charge >= 0.3 is 5.97 Å². The number of rotatable bonds is 6. The maximum absolute atomic E-state index is 12.5. The number of thioether (sulfide) groups is 1. The van der Waals surface area contributed by atoms with Crippen LogP contribution in [0.25, 0.3) is 6.08 Å². The van der Waals surface area contributed by atoms with Crippen molar-refractivity contribution in [2.45, 2.75) is 12.8 Å². The summed E-state index contributed by atoms with van der Waals surface area (Å²) in [4.78, 5) is 27.1. The molecule has 0 aliphatic carbocycles. The standard InChI is InChI=1S/C16H18N2O3S2/c1-17(2)12-7-4-3-6-11(12)10-13-15(21)18(16(22)23-13)9-5-8-14(19)20/h3-4,6-7,10H,5,8-9H2,1-2H3,(H,19,20). The lowest BCUT2D eigenvalue weighted by molar-refractivity contribution is -0.137. The van der Waals surface area contributed by atoms with Gasteiger partial charge < -0.3 is 10.0 Å². The molecule has 1 aromatic rings. The summed E-state index contributed by atoms with van der Waals surface area (Å²) in [6.45, 7) is 0.337. The van der Waals surface area contributed by atoms with Crippen LogP contribution in [0.4, 0.5) is 5.69 Å². The van der Waals surface area contributed by atoms with Gasteiger partial charge in [-0.15, -0.1) is 0 Å². The van der Waals surface area contributed by atoms with E-state index in [-0.39, 0.29) is 12.3 Å². The first kappa shape index (κ1) is 17.5. The maximum Gasteiger partial charge on any atom is 0.303 e. The fraction of sp³-hybridized carbons (Fsp3) is 0.312. The van der Waals surface area contributed by atoms with Crippen molar-refractivity contribution < 1.29 is 14.7 Å². The first-order valence-corrected chi connectivity index (χ1v) is 8.36. The topological polar surface area (TPSA) is 60.9 Å². The van der Waals surface area contributed by atoms with E-state index in [0.29, 0.717) is 22.2 Å². The molecule has 122 valence electrons. The molecule has 0 aromatic heterocycles. The van der Waals surface area contributed by atoms with Crippen molar-refractivity contribution >= 4 is 51.9 Å². The van der Waals surface area contributed by atoms with Crippen molar-refractivity contribution in [2.24, 2.45) is 0 Å². The van der Waals surface area contributed by atoms with E-state index in [1.54, 1.807) is 0 Å². The first-order chi connectivity index (χ1) is 10.9. The molecule has 23 heavy (non-hydrogen) atoms. The Balaban J connectivity index is 2.17. The second-order valence-electron chi connectivity index (χ2n) is 5.28. The summed E-state index contributed by atoms with van der Waals surface area (Å²) in [5.41, 5.74) is 1.96. The Hall–Kier alpha value is -1.86. The maximum atomic E-state index is 12.5. The van der Waals surface area contributed by atoms with E-state index in [1.165, 1.54) is 16.7 Å². The lowest BCUT2D eigenvalue weighted by Gasteiger charge is -2.15. The van der Waals surface area contributed by atoms with Crippen molar-refractivity contribution in [1.29, 1.82) is 0 Å². The first-order valence-electron chi connectivity index (χ1n) is 7.13. The number of anilines is 1. The molecule has 2 rings (SSSR count). The van der Waals surface area contributed by atoms with E-state index >= 15 is 0 Å². The van der Waals surface area contributed by atoms with Gasteiger partial charge in [0.2, 0.25) is 0 Å². The smallest absolute Gasteiger partial charge is 0.303 e. The molecule has 5 nitrogen and oxygen atoms in total. The Kier molecular flexibility index (Phi) is 5.79. The van der Waals surface area contributed by atoms with Crippen LogP contribution in [0.15, 0.2) is 29.2 Å². The minimum atomic E-state index is -0.870. The predicted octanol–water partition coefficient (Wildman–Crippen LogP) is 2.82. The molecule has 1 aliphatic rings. The van der Waals surface area contributed by atoms with Crippen LogP contribution in [-0.4, -0.2) is 46.8 Å². The van der Waals surface area contributed by atoms with Gasteiger partial charge in [0.05, 0.1) is 4.91 Å². The van der Waals surface area contributed by atoms with Crippen LogP contribution in [0.3, 0.4) is 0 Å². The highest BCUT2D eigenvalue weighted by Gasteiger charge is 2.31. The number of thiocarbonyl (C=S) groups is 1. The Morgan fingerprint density at radius 1 is 1.39 bits per heavy atom. The van der Waals surface area contributed by atoms with Gasteiger partial charge in [-0.25, -0.2) is 0 Å². The normalized spacial score (nSPS) is 16.3. The van der Waals surface area contributed by atoms with E-state index in [0.717, 1.165) is 11.3 Å². The van der Waals surface area contributed by atoms with Crippen molar-refractivity contribution in [1.82, 2.24) is 4.90 Å². The second kappa shape index (κ2) is 7.61. The SMILES string of the molecule is CN(C)c1ccccc1C=C1SC(=S)N(CCCC(=O)O)C1=O. The van der Waals surface area contributed by atoms with Crippen LogP contribution in [0.5, 0.6) is 0 Å². The van der Waals surface area contributed by atoms with Crippen LogP contribution >= 0.6 is 24.0 Å². The molecule has 0 atom stereocenters. The Bertz CT molecular complexity index is 671. The van der Waals surface area contributed by atoms with Gasteiger partial charge in [-0.05, 0) is 24.1 Å². The zero-order valence-electron chi connectivity index (χ0n) is 13.0. The average Bonchev–Trinajstić information content (AvgIpc) is 2.74. The second-order valence-corrected chi connectivity index (χ2v) is 6.96. The lowest BCUT2D eigenvalue weighted by atomic mass is 10.1. The van der Waals surface area contributed by atoms with Crippen molar-refractivity contribution in [3.8, 4) is 0 Å². The number of hydrogen-bond donors (Lipinski definition) is 1. The number of hydrogen-bond acceptors (Lipinski definition) is 5. The van der Waals surface area contributed by atoms with Gasteiger partial charge in [0.15, 0.2) is 0 Å². The number of nitrogens with zero attached hydrogens (tertiary/aromatic N) is 2. The molecule has 0 spiro atoms. The summed E-state index contributed by atoms with van der Waals surface area (Å²) in [5, 5.41) is 8.69. The van der Waals surface area contributed by atoms with Crippen LogP contribution < -0.4 is 4.90 Å². The Morgan fingerprint density at radius 3 is 2.74 bits per heavy atom. The average molecular weight is 350 g/mol. The van der Waals surface area contributed by atoms with E-state index in [2.05, 4.69) is 0 Å². The molecule has 1 saturated heterocycles. The van der Waals surface area contributed by atoms with Gasteiger partial charge in [-0.2, -0.15) is 0 Å². The zero-order chi connectivity index (χ0) is 17.0. The minimum Gasteiger partial charge on any atom is -0.481 e. The van der Waals surface area contributed by atoms with Crippen LogP contribution in [0, 0.1) is 0 Å². The quantitative estimate of drug-likeness (QED) is 0.629. The molecule has 1 amide bonds. The summed E-state index contributed by atoms with van der Waals surface area (Å²) >= 11 is 6.50. The van der Waals surface area contributed by atoms with Crippen molar-refractivity contribution in [2.75, 3.05) is 25.5 Å². The van der Waals surface area contributed by atoms with Gasteiger partial charge in [-0.1, -0.05) is 42.2 Å². The number of benzene rings is 1. The zero-order valence-corrected chi connectivity index (χ0v) is 14.6. The van der Waals surface area contributed by atoms with E-state index in [1.807, 2.05) is 49.3 Å². The summed E-state index contributed by atoms with van der Waals surface area (Å²) in [5.74, 6) is -1.02.